The van der Waals surface area contributed by atoms with Crippen molar-refractivity contribution in [2.75, 3.05) is 12.3 Å². The van der Waals surface area contributed by atoms with Crippen LogP contribution < -0.4 is 10.5 Å². The van der Waals surface area contributed by atoms with Gasteiger partial charge in [-0.1, -0.05) is 13.8 Å². The Morgan fingerprint density at radius 2 is 2.19 bits per heavy atom. The highest BCUT2D eigenvalue weighted by Gasteiger charge is 2.18. The molecule has 90 valence electrons. The first-order chi connectivity index (χ1) is 7.33. The van der Waals surface area contributed by atoms with Crippen molar-refractivity contribution in [1.82, 2.24) is 9.71 Å². The Morgan fingerprint density at radius 3 is 2.75 bits per heavy atom. The third-order valence-corrected chi connectivity index (χ3v) is 3.71. The molecule has 0 amide bonds. The monoisotopic (exact) mass is 307 g/mol. The summed E-state index contributed by atoms with van der Waals surface area (Å²) >= 11 is 3.16. The maximum atomic E-state index is 11.9. The van der Waals surface area contributed by atoms with E-state index in [1.54, 1.807) is 0 Å². The Bertz CT molecular complexity index is 474. The van der Waals surface area contributed by atoms with E-state index in [0.29, 0.717) is 11.0 Å². The first-order valence-electron chi connectivity index (χ1n) is 4.73. The van der Waals surface area contributed by atoms with E-state index in [-0.39, 0.29) is 16.6 Å². The van der Waals surface area contributed by atoms with Gasteiger partial charge in [-0.05, 0) is 27.9 Å². The number of halogens is 1. The van der Waals surface area contributed by atoms with Crippen molar-refractivity contribution in [1.29, 1.82) is 0 Å². The number of aromatic nitrogens is 1. The van der Waals surface area contributed by atoms with Crippen LogP contribution in [0.4, 0.5) is 5.82 Å². The third kappa shape index (κ3) is 3.43. The fourth-order valence-corrected chi connectivity index (χ4v) is 2.80. The molecule has 0 aromatic carbocycles. The van der Waals surface area contributed by atoms with Crippen molar-refractivity contribution >= 4 is 31.8 Å². The smallest absolute Gasteiger partial charge is 0.244 e. The van der Waals surface area contributed by atoms with E-state index in [2.05, 4.69) is 25.6 Å². The molecule has 0 radical (unpaired) electrons. The number of anilines is 1. The third-order valence-electron chi connectivity index (χ3n) is 1.82. The van der Waals surface area contributed by atoms with E-state index in [0.717, 1.165) is 0 Å². The van der Waals surface area contributed by atoms with Gasteiger partial charge < -0.3 is 5.73 Å². The van der Waals surface area contributed by atoms with Crippen LogP contribution >= 0.6 is 15.9 Å². The molecule has 0 aliphatic carbocycles. The number of nitrogens with one attached hydrogen (secondary N) is 1. The van der Waals surface area contributed by atoms with Crippen molar-refractivity contribution in [3.05, 3.63) is 16.7 Å². The molecule has 1 heterocycles. The molecule has 0 saturated carbocycles. The Kier molecular flexibility index (Phi) is 4.28. The van der Waals surface area contributed by atoms with Gasteiger partial charge >= 0.3 is 0 Å². The quantitative estimate of drug-likeness (QED) is 0.879. The number of hydrogen-bond acceptors (Lipinski definition) is 4. The van der Waals surface area contributed by atoms with Crippen molar-refractivity contribution in [2.24, 2.45) is 5.92 Å². The summed E-state index contributed by atoms with van der Waals surface area (Å²) in [5, 5.41) is 0. The lowest BCUT2D eigenvalue weighted by Crippen LogP contribution is -2.28. The highest BCUT2D eigenvalue weighted by Crippen LogP contribution is 2.20. The van der Waals surface area contributed by atoms with Crippen LogP contribution in [0.1, 0.15) is 13.8 Å². The minimum atomic E-state index is -3.58. The molecule has 0 unspecified atom stereocenters. The summed E-state index contributed by atoms with van der Waals surface area (Å²) in [6.07, 6.45) is 1.46. The van der Waals surface area contributed by atoms with Crippen LogP contribution in [0.25, 0.3) is 0 Å². The zero-order valence-corrected chi connectivity index (χ0v) is 11.5. The molecular weight excluding hydrogens is 294 g/mol. The van der Waals surface area contributed by atoms with E-state index in [9.17, 15) is 8.42 Å². The average Bonchev–Trinajstić information content (AvgIpc) is 2.19. The van der Waals surface area contributed by atoms with Crippen LogP contribution in [-0.4, -0.2) is 19.9 Å². The van der Waals surface area contributed by atoms with Gasteiger partial charge in [-0.15, -0.1) is 0 Å². The highest BCUT2D eigenvalue weighted by molar-refractivity contribution is 9.10. The standard InChI is InChI=1S/C9H14BrN3O2S/c1-6(2)4-13-16(14,15)8-3-7(10)5-12-9(8)11/h3,5-6,13H,4H2,1-2H3,(H2,11,12). The molecule has 16 heavy (non-hydrogen) atoms. The van der Waals surface area contributed by atoms with Crippen LogP contribution in [0.3, 0.4) is 0 Å². The minimum absolute atomic E-state index is 0.000504. The summed E-state index contributed by atoms with van der Waals surface area (Å²) in [5.41, 5.74) is 5.53. The SMILES string of the molecule is CC(C)CNS(=O)(=O)c1cc(Br)cnc1N. The fourth-order valence-electron chi connectivity index (χ4n) is 1.00. The molecule has 0 aliphatic heterocycles. The van der Waals surface area contributed by atoms with Gasteiger partial charge in [0.2, 0.25) is 10.0 Å². The second-order valence-corrected chi connectivity index (χ2v) is 6.43. The molecule has 5 nitrogen and oxygen atoms in total. The van der Waals surface area contributed by atoms with Gasteiger partial charge in [-0.3, -0.25) is 0 Å². The molecule has 0 atom stereocenters. The van der Waals surface area contributed by atoms with Crippen molar-refractivity contribution < 1.29 is 8.42 Å². The van der Waals surface area contributed by atoms with Crippen LogP contribution in [0.15, 0.2) is 21.6 Å². The number of sulfonamides is 1. The van der Waals surface area contributed by atoms with Crippen LogP contribution in [-0.2, 0) is 10.0 Å². The molecule has 0 spiro atoms. The van der Waals surface area contributed by atoms with E-state index in [4.69, 9.17) is 5.73 Å². The predicted octanol–water partition coefficient (Wildman–Crippen LogP) is 1.36. The molecule has 0 aliphatic rings. The number of nitrogens with zero attached hydrogens (tertiary/aromatic N) is 1. The molecule has 1 aromatic rings. The molecule has 0 bridgehead atoms. The second kappa shape index (κ2) is 5.11. The average molecular weight is 308 g/mol. The van der Waals surface area contributed by atoms with Crippen LogP contribution in [0.5, 0.6) is 0 Å². The summed E-state index contributed by atoms with van der Waals surface area (Å²) < 4.78 is 26.8. The Hall–Kier alpha value is -0.660. The Labute approximate surface area is 104 Å². The number of pyridine rings is 1. The largest absolute Gasteiger partial charge is 0.383 e. The van der Waals surface area contributed by atoms with E-state index in [1.165, 1.54) is 12.3 Å². The lowest BCUT2D eigenvalue weighted by atomic mass is 10.2. The number of hydrogen-bond donors (Lipinski definition) is 2. The fraction of sp³-hybridized carbons (Fsp3) is 0.444. The number of rotatable bonds is 4. The van der Waals surface area contributed by atoms with Crippen LogP contribution in [0, 0.1) is 5.92 Å². The van der Waals surface area contributed by atoms with Gasteiger partial charge in [0.1, 0.15) is 10.7 Å². The van der Waals surface area contributed by atoms with Gasteiger partial charge in [-0.25, -0.2) is 18.1 Å². The highest BCUT2D eigenvalue weighted by atomic mass is 79.9. The summed E-state index contributed by atoms with van der Waals surface area (Å²) in [4.78, 5) is 3.79. The van der Waals surface area contributed by atoms with Crippen LogP contribution in [0.2, 0.25) is 0 Å². The molecule has 1 rings (SSSR count). The minimum Gasteiger partial charge on any atom is -0.383 e. The van der Waals surface area contributed by atoms with E-state index in [1.807, 2.05) is 13.8 Å². The zero-order chi connectivity index (χ0) is 12.3. The summed E-state index contributed by atoms with van der Waals surface area (Å²) in [6, 6.07) is 1.44. The predicted molar refractivity (Wildman–Crippen MR) is 66.4 cm³/mol. The van der Waals surface area contributed by atoms with Crippen molar-refractivity contribution in [3.8, 4) is 0 Å². The second-order valence-electron chi connectivity index (χ2n) is 3.78. The first kappa shape index (κ1) is 13.4. The molecule has 1 aromatic heterocycles. The summed E-state index contributed by atoms with van der Waals surface area (Å²) in [6.45, 7) is 4.21. The van der Waals surface area contributed by atoms with Gasteiger partial charge in [0.05, 0.1) is 0 Å². The number of nitrogens with two attached hydrogens (primary N) is 1. The van der Waals surface area contributed by atoms with Crippen molar-refractivity contribution in [2.45, 2.75) is 18.7 Å². The summed E-state index contributed by atoms with van der Waals surface area (Å²) in [7, 11) is -3.58. The van der Waals surface area contributed by atoms with Crippen molar-refractivity contribution in [3.63, 3.8) is 0 Å². The molecule has 0 saturated heterocycles. The van der Waals surface area contributed by atoms with Gasteiger partial charge in [-0.2, -0.15) is 0 Å². The lowest BCUT2D eigenvalue weighted by Gasteiger charge is -2.10. The molecular formula is C9H14BrN3O2S. The zero-order valence-electron chi connectivity index (χ0n) is 9.07. The molecule has 0 fully saturated rings. The van der Waals surface area contributed by atoms with Gasteiger partial charge in [0.25, 0.3) is 0 Å². The topological polar surface area (TPSA) is 85.1 Å². The normalized spacial score (nSPS) is 12.0. The Balaban J connectivity index is 3.02. The first-order valence-corrected chi connectivity index (χ1v) is 7.01. The lowest BCUT2D eigenvalue weighted by molar-refractivity contribution is 0.560. The van der Waals surface area contributed by atoms with E-state index >= 15 is 0 Å². The maximum Gasteiger partial charge on any atom is 0.244 e. The van der Waals surface area contributed by atoms with E-state index < -0.39 is 10.0 Å². The number of nitrogen functional groups attached to an aromatic ring is 1. The van der Waals surface area contributed by atoms with Gasteiger partial charge in [0, 0.05) is 17.2 Å². The Morgan fingerprint density at radius 1 is 1.56 bits per heavy atom. The molecule has 3 N–H and O–H groups in total. The maximum absolute atomic E-state index is 11.9. The summed E-state index contributed by atoms with van der Waals surface area (Å²) in [5.74, 6) is 0.232. The van der Waals surface area contributed by atoms with Gasteiger partial charge in [0.15, 0.2) is 0 Å². The molecule has 7 heteroatoms.